The smallest absolute Gasteiger partial charge is 0.237 e. The van der Waals surface area contributed by atoms with Crippen molar-refractivity contribution in [2.75, 3.05) is 0 Å². The van der Waals surface area contributed by atoms with Crippen LogP contribution in [-0.4, -0.2) is 22.4 Å². The quantitative estimate of drug-likeness (QED) is 0.286. The molecular formula is C7H8ClN5O. The Morgan fingerprint density at radius 1 is 1.64 bits per heavy atom. The number of guanidine groups is 1. The van der Waals surface area contributed by atoms with Gasteiger partial charge in [0.15, 0.2) is 0 Å². The van der Waals surface area contributed by atoms with Crippen LogP contribution in [0.15, 0.2) is 28.4 Å². The first-order chi connectivity index (χ1) is 6.72. The molecule has 0 saturated carbocycles. The highest BCUT2D eigenvalue weighted by Gasteiger charge is 1.90. The van der Waals surface area contributed by atoms with Crippen LogP contribution in [0, 0.1) is 0 Å². The fraction of sp³-hybridized carbons (Fsp3) is 0. The Balaban J connectivity index is 2.69. The standard InChI is InChI=1S/C7H8ClN5O/c8-6-3-1-2-5(11-6)4-10-12-7(9)13-14/h1-4,14H,(H3,9,12,13)/b10-4+. The van der Waals surface area contributed by atoms with Crippen molar-refractivity contribution in [2.24, 2.45) is 15.9 Å². The van der Waals surface area contributed by atoms with Crippen LogP contribution in [0.5, 0.6) is 0 Å². The molecule has 4 N–H and O–H groups in total. The maximum Gasteiger partial charge on any atom is 0.237 e. The van der Waals surface area contributed by atoms with Gasteiger partial charge < -0.3 is 5.73 Å². The van der Waals surface area contributed by atoms with E-state index in [2.05, 4.69) is 15.2 Å². The molecule has 0 aliphatic heterocycles. The average molecular weight is 214 g/mol. The highest BCUT2D eigenvalue weighted by Crippen LogP contribution is 2.02. The summed E-state index contributed by atoms with van der Waals surface area (Å²) in [7, 11) is 0. The zero-order valence-electron chi connectivity index (χ0n) is 7.05. The largest absolute Gasteiger partial charge is 0.367 e. The van der Waals surface area contributed by atoms with Crippen molar-refractivity contribution < 1.29 is 5.21 Å². The number of hydroxylamine groups is 1. The minimum atomic E-state index is -0.205. The van der Waals surface area contributed by atoms with Gasteiger partial charge in [-0.1, -0.05) is 17.7 Å². The summed E-state index contributed by atoms with van der Waals surface area (Å²) in [5.41, 5.74) is 7.27. The topological polar surface area (TPSA) is 95.9 Å². The molecule has 0 bridgehead atoms. The summed E-state index contributed by atoms with van der Waals surface area (Å²) >= 11 is 5.63. The fourth-order valence-corrected chi connectivity index (χ4v) is 0.839. The summed E-state index contributed by atoms with van der Waals surface area (Å²) in [5, 5.41) is 15.6. The molecular weight excluding hydrogens is 206 g/mol. The van der Waals surface area contributed by atoms with Crippen molar-refractivity contribution in [3.63, 3.8) is 0 Å². The van der Waals surface area contributed by atoms with Crippen molar-refractivity contribution in [3.05, 3.63) is 29.0 Å². The number of hydrogen-bond acceptors (Lipinski definition) is 4. The van der Waals surface area contributed by atoms with E-state index in [4.69, 9.17) is 22.5 Å². The maximum atomic E-state index is 8.26. The second-order valence-corrected chi connectivity index (χ2v) is 2.61. The Labute approximate surface area is 85.1 Å². The summed E-state index contributed by atoms with van der Waals surface area (Å²) in [6, 6.07) is 5.08. The van der Waals surface area contributed by atoms with Gasteiger partial charge >= 0.3 is 0 Å². The van der Waals surface area contributed by atoms with E-state index in [0.717, 1.165) is 0 Å². The van der Waals surface area contributed by atoms with Gasteiger partial charge in [-0.25, -0.2) is 10.5 Å². The van der Waals surface area contributed by atoms with E-state index in [9.17, 15) is 0 Å². The zero-order valence-corrected chi connectivity index (χ0v) is 7.81. The van der Waals surface area contributed by atoms with Crippen LogP contribution >= 0.6 is 11.6 Å². The molecule has 0 aromatic carbocycles. The van der Waals surface area contributed by atoms with Crippen LogP contribution in [0.4, 0.5) is 0 Å². The molecule has 1 aromatic heterocycles. The summed E-state index contributed by atoms with van der Waals surface area (Å²) < 4.78 is 0. The lowest BCUT2D eigenvalue weighted by atomic mass is 10.4. The molecule has 6 nitrogen and oxygen atoms in total. The summed E-state index contributed by atoms with van der Waals surface area (Å²) in [5.74, 6) is -0.205. The minimum absolute atomic E-state index is 0.205. The first-order valence-electron chi connectivity index (χ1n) is 3.61. The van der Waals surface area contributed by atoms with E-state index in [1.165, 1.54) is 6.21 Å². The SMILES string of the molecule is N/C(=N\N=C\c1cccc(Cl)n1)NO. The molecule has 1 aromatic rings. The normalized spacial score (nSPS) is 12.0. The van der Waals surface area contributed by atoms with Crippen LogP contribution in [-0.2, 0) is 0 Å². The molecule has 7 heteroatoms. The minimum Gasteiger partial charge on any atom is -0.367 e. The van der Waals surface area contributed by atoms with E-state index in [0.29, 0.717) is 10.8 Å². The fourth-order valence-electron chi connectivity index (χ4n) is 0.668. The van der Waals surface area contributed by atoms with Gasteiger partial charge in [-0.2, -0.15) is 5.10 Å². The van der Waals surface area contributed by atoms with Gasteiger partial charge in [0.2, 0.25) is 5.96 Å². The molecule has 0 radical (unpaired) electrons. The Hall–Kier alpha value is -1.66. The first-order valence-corrected chi connectivity index (χ1v) is 3.99. The van der Waals surface area contributed by atoms with Gasteiger partial charge in [-0.15, -0.1) is 5.10 Å². The van der Waals surface area contributed by atoms with Crippen molar-refractivity contribution in [1.29, 1.82) is 0 Å². The van der Waals surface area contributed by atoms with Gasteiger partial charge in [0.25, 0.3) is 0 Å². The maximum absolute atomic E-state index is 8.26. The number of pyridine rings is 1. The molecule has 0 saturated heterocycles. The number of halogens is 1. The van der Waals surface area contributed by atoms with Gasteiger partial charge in [-0.3, -0.25) is 5.21 Å². The highest BCUT2D eigenvalue weighted by atomic mass is 35.5. The number of aromatic nitrogens is 1. The van der Waals surface area contributed by atoms with Crippen molar-refractivity contribution in [3.8, 4) is 0 Å². The molecule has 1 rings (SSSR count). The third-order valence-corrected chi connectivity index (χ3v) is 1.42. The highest BCUT2D eigenvalue weighted by molar-refractivity contribution is 6.29. The Bertz CT molecular complexity index is 365. The van der Waals surface area contributed by atoms with E-state index in [1.54, 1.807) is 23.7 Å². The molecule has 74 valence electrons. The van der Waals surface area contributed by atoms with Crippen molar-refractivity contribution in [2.45, 2.75) is 0 Å². The number of nitrogens with zero attached hydrogens (tertiary/aromatic N) is 3. The van der Waals surface area contributed by atoms with Crippen LogP contribution in [0.25, 0.3) is 0 Å². The number of rotatable bonds is 2. The third-order valence-electron chi connectivity index (χ3n) is 1.21. The second kappa shape index (κ2) is 5.15. The van der Waals surface area contributed by atoms with Gasteiger partial charge in [-0.05, 0) is 12.1 Å². The Kier molecular flexibility index (Phi) is 3.84. The molecule has 1 heterocycles. The van der Waals surface area contributed by atoms with E-state index >= 15 is 0 Å². The lowest BCUT2D eigenvalue weighted by Crippen LogP contribution is -2.27. The number of nitrogens with two attached hydrogens (primary N) is 1. The van der Waals surface area contributed by atoms with E-state index in [-0.39, 0.29) is 5.96 Å². The lowest BCUT2D eigenvalue weighted by Gasteiger charge is -1.92. The van der Waals surface area contributed by atoms with Crippen LogP contribution < -0.4 is 11.2 Å². The molecule has 0 aliphatic carbocycles. The van der Waals surface area contributed by atoms with E-state index < -0.39 is 0 Å². The predicted molar refractivity (Wildman–Crippen MR) is 53.4 cm³/mol. The first kappa shape index (κ1) is 10.4. The molecule has 0 unspecified atom stereocenters. The Morgan fingerprint density at radius 2 is 2.43 bits per heavy atom. The number of hydrogen-bond donors (Lipinski definition) is 3. The van der Waals surface area contributed by atoms with Crippen LogP contribution in [0.1, 0.15) is 5.69 Å². The van der Waals surface area contributed by atoms with Gasteiger partial charge in [0, 0.05) is 0 Å². The molecule has 0 atom stereocenters. The Morgan fingerprint density at radius 3 is 3.07 bits per heavy atom. The van der Waals surface area contributed by atoms with Crippen molar-refractivity contribution >= 4 is 23.8 Å². The van der Waals surface area contributed by atoms with Crippen LogP contribution in [0.2, 0.25) is 5.15 Å². The second-order valence-electron chi connectivity index (χ2n) is 2.23. The predicted octanol–water partition coefficient (Wildman–Crippen LogP) is 0.362. The summed E-state index contributed by atoms with van der Waals surface area (Å²) in [6.07, 6.45) is 1.36. The van der Waals surface area contributed by atoms with Crippen LogP contribution in [0.3, 0.4) is 0 Å². The molecule has 0 spiro atoms. The third kappa shape index (κ3) is 3.38. The van der Waals surface area contributed by atoms with Crippen molar-refractivity contribution in [1.82, 2.24) is 10.5 Å². The van der Waals surface area contributed by atoms with Gasteiger partial charge in [0.05, 0.1) is 11.9 Å². The number of nitrogens with one attached hydrogen (secondary N) is 1. The van der Waals surface area contributed by atoms with Gasteiger partial charge in [0.1, 0.15) is 5.15 Å². The zero-order chi connectivity index (χ0) is 10.4. The van der Waals surface area contributed by atoms with E-state index in [1.807, 2.05) is 0 Å². The summed E-state index contributed by atoms with van der Waals surface area (Å²) in [4.78, 5) is 3.92. The molecule has 0 aliphatic rings. The molecule has 0 amide bonds. The summed E-state index contributed by atoms with van der Waals surface area (Å²) in [6.45, 7) is 0. The monoisotopic (exact) mass is 213 g/mol. The molecule has 14 heavy (non-hydrogen) atoms. The average Bonchev–Trinajstić information content (AvgIpc) is 2.17. The lowest BCUT2D eigenvalue weighted by molar-refractivity contribution is 0.232. The molecule has 0 fully saturated rings.